The average Bonchev–Trinajstić information content (AvgIpc) is 3.22. The summed E-state index contributed by atoms with van der Waals surface area (Å²) >= 11 is 6.17. The number of amides is 1. The quantitative estimate of drug-likeness (QED) is 0.385. The molecule has 0 radical (unpaired) electrons. The van der Waals surface area contributed by atoms with E-state index in [2.05, 4.69) is 15.5 Å². The van der Waals surface area contributed by atoms with Gasteiger partial charge in [0.25, 0.3) is 0 Å². The van der Waals surface area contributed by atoms with Crippen LogP contribution in [0.25, 0.3) is 5.69 Å². The summed E-state index contributed by atoms with van der Waals surface area (Å²) in [6, 6.07) is 22.5. The van der Waals surface area contributed by atoms with Crippen LogP contribution in [0.2, 0.25) is 5.02 Å². The molecule has 8 heteroatoms. The molecular weight excluding hydrogens is 474 g/mol. The Morgan fingerprint density at radius 3 is 2.56 bits per heavy atom. The van der Waals surface area contributed by atoms with Crippen molar-refractivity contribution >= 4 is 23.2 Å². The molecule has 0 saturated carbocycles. The van der Waals surface area contributed by atoms with Crippen molar-refractivity contribution in [2.75, 3.05) is 7.11 Å². The van der Waals surface area contributed by atoms with E-state index >= 15 is 0 Å². The number of benzene rings is 3. The van der Waals surface area contributed by atoms with Crippen molar-refractivity contribution in [3.05, 3.63) is 106 Å². The van der Waals surface area contributed by atoms with E-state index in [9.17, 15) is 4.79 Å². The number of halogens is 1. The highest BCUT2D eigenvalue weighted by Gasteiger charge is 2.30. The maximum absolute atomic E-state index is 13.2. The van der Waals surface area contributed by atoms with Crippen LogP contribution >= 0.6 is 11.6 Å². The van der Waals surface area contributed by atoms with E-state index in [0.29, 0.717) is 22.4 Å². The molecule has 0 unspecified atom stereocenters. The van der Waals surface area contributed by atoms with E-state index in [1.54, 1.807) is 7.11 Å². The van der Waals surface area contributed by atoms with Gasteiger partial charge in [-0.2, -0.15) is 0 Å². The molecule has 1 amide bonds. The first-order valence-electron chi connectivity index (χ1n) is 11.7. The molecule has 3 aromatic carbocycles. The van der Waals surface area contributed by atoms with Gasteiger partial charge in [-0.3, -0.25) is 14.4 Å². The summed E-state index contributed by atoms with van der Waals surface area (Å²) in [7, 11) is 1.63. The van der Waals surface area contributed by atoms with Crippen molar-refractivity contribution in [2.45, 2.75) is 32.4 Å². The van der Waals surface area contributed by atoms with Gasteiger partial charge in [-0.25, -0.2) is 0 Å². The lowest BCUT2D eigenvalue weighted by atomic mass is 10.00. The van der Waals surface area contributed by atoms with Gasteiger partial charge in [0.1, 0.15) is 17.6 Å². The summed E-state index contributed by atoms with van der Waals surface area (Å²) in [5, 5.41) is 12.5. The van der Waals surface area contributed by atoms with Crippen molar-refractivity contribution in [3.8, 4) is 11.4 Å². The van der Waals surface area contributed by atoms with Crippen LogP contribution in [0.15, 0.2) is 77.8 Å². The Labute approximate surface area is 214 Å². The molecule has 1 N–H and O–H groups in total. The normalized spacial score (nSPS) is 15.2. The number of nitrogens with zero attached hydrogens (tertiary/aromatic N) is 4. The molecule has 182 valence electrons. The lowest BCUT2D eigenvalue weighted by Crippen LogP contribution is -2.28. The maximum atomic E-state index is 13.2. The van der Waals surface area contributed by atoms with Gasteiger partial charge in [0, 0.05) is 16.1 Å². The molecule has 5 rings (SSSR count). The largest absolute Gasteiger partial charge is 0.497 e. The molecule has 0 fully saturated rings. The second kappa shape index (κ2) is 9.95. The van der Waals surface area contributed by atoms with Crippen LogP contribution in [0.5, 0.6) is 5.75 Å². The predicted octanol–water partition coefficient (Wildman–Crippen LogP) is 5.40. The van der Waals surface area contributed by atoms with Gasteiger partial charge in [-0.1, -0.05) is 54.1 Å². The first kappa shape index (κ1) is 23.8. The topological polar surface area (TPSA) is 81.4 Å². The van der Waals surface area contributed by atoms with Gasteiger partial charge in [0.2, 0.25) is 5.91 Å². The van der Waals surface area contributed by atoms with Gasteiger partial charge in [-0.15, -0.1) is 10.2 Å². The van der Waals surface area contributed by atoms with Crippen molar-refractivity contribution in [3.63, 3.8) is 0 Å². The lowest BCUT2D eigenvalue weighted by molar-refractivity contribution is -0.122. The zero-order chi connectivity index (χ0) is 25.2. The van der Waals surface area contributed by atoms with Gasteiger partial charge in [-0.05, 0) is 49.7 Å². The molecule has 2 heterocycles. The van der Waals surface area contributed by atoms with E-state index < -0.39 is 6.04 Å². The number of rotatable bonds is 6. The smallest absolute Gasteiger partial charge is 0.223 e. The third kappa shape index (κ3) is 4.62. The van der Waals surface area contributed by atoms with E-state index in [1.807, 2.05) is 91.2 Å². The van der Waals surface area contributed by atoms with Crippen LogP contribution in [0, 0.1) is 6.92 Å². The van der Waals surface area contributed by atoms with Gasteiger partial charge in [0.05, 0.1) is 31.0 Å². The summed E-state index contributed by atoms with van der Waals surface area (Å²) in [5.74, 6) is 1.92. The summed E-state index contributed by atoms with van der Waals surface area (Å²) in [5.41, 5.74) is 4.40. The summed E-state index contributed by atoms with van der Waals surface area (Å²) in [4.78, 5) is 18.3. The number of aryl methyl sites for hydroxylation is 1. The Balaban J connectivity index is 1.58. The van der Waals surface area contributed by atoms with E-state index in [0.717, 1.165) is 28.1 Å². The molecule has 1 aliphatic rings. The number of methoxy groups -OCH3 is 1. The fourth-order valence-corrected chi connectivity index (χ4v) is 4.60. The second-order valence-electron chi connectivity index (χ2n) is 8.73. The number of ether oxygens (including phenoxy) is 1. The summed E-state index contributed by atoms with van der Waals surface area (Å²) < 4.78 is 7.49. The van der Waals surface area contributed by atoms with Gasteiger partial charge >= 0.3 is 0 Å². The molecule has 0 bridgehead atoms. The molecule has 1 aliphatic heterocycles. The Morgan fingerprint density at radius 2 is 1.83 bits per heavy atom. The van der Waals surface area contributed by atoms with Crippen LogP contribution in [0.1, 0.15) is 53.8 Å². The summed E-state index contributed by atoms with van der Waals surface area (Å²) in [6.45, 7) is 3.86. The van der Waals surface area contributed by atoms with Crippen LogP contribution in [0.3, 0.4) is 0 Å². The number of carbonyl (C=O) groups excluding carboxylic acids is 1. The highest BCUT2D eigenvalue weighted by atomic mass is 35.5. The van der Waals surface area contributed by atoms with E-state index in [1.165, 1.54) is 0 Å². The minimum absolute atomic E-state index is 0.119. The molecule has 2 atom stereocenters. The van der Waals surface area contributed by atoms with Crippen LogP contribution in [-0.4, -0.2) is 33.5 Å². The number of hydrogen-bond acceptors (Lipinski definition) is 5. The fraction of sp³-hybridized carbons (Fsp3) is 0.214. The van der Waals surface area contributed by atoms with Gasteiger partial charge < -0.3 is 10.1 Å². The summed E-state index contributed by atoms with van der Waals surface area (Å²) in [6.07, 6.45) is 0.123. The number of hydrogen-bond donors (Lipinski definition) is 1. The minimum atomic E-state index is -0.543. The lowest BCUT2D eigenvalue weighted by Gasteiger charge is -2.17. The zero-order valence-corrected chi connectivity index (χ0v) is 21.0. The Hall–Kier alpha value is -3.97. The number of aromatic nitrogens is 3. The van der Waals surface area contributed by atoms with E-state index in [-0.39, 0.29) is 18.4 Å². The van der Waals surface area contributed by atoms with Crippen molar-refractivity contribution in [1.82, 2.24) is 20.1 Å². The molecule has 0 saturated heterocycles. The number of nitrogens with one attached hydrogen (secondary N) is 1. The fourth-order valence-electron chi connectivity index (χ4n) is 4.48. The molecular formula is C28H26ClN5O2. The third-order valence-corrected chi connectivity index (χ3v) is 6.56. The zero-order valence-electron chi connectivity index (χ0n) is 20.3. The molecule has 36 heavy (non-hydrogen) atoms. The van der Waals surface area contributed by atoms with Crippen molar-refractivity contribution in [1.29, 1.82) is 0 Å². The third-order valence-electron chi connectivity index (χ3n) is 6.31. The maximum Gasteiger partial charge on any atom is 0.223 e. The Morgan fingerprint density at radius 1 is 1.08 bits per heavy atom. The molecule has 0 aliphatic carbocycles. The first-order valence-corrected chi connectivity index (χ1v) is 12.1. The first-order chi connectivity index (χ1) is 17.4. The highest BCUT2D eigenvalue weighted by Crippen LogP contribution is 2.34. The average molecular weight is 500 g/mol. The Bertz CT molecular complexity index is 1430. The van der Waals surface area contributed by atoms with E-state index in [4.69, 9.17) is 21.3 Å². The van der Waals surface area contributed by atoms with Gasteiger partial charge in [0.15, 0.2) is 5.82 Å². The number of fused-ring (bicyclic) bond motifs is 3. The molecule has 1 aromatic heterocycles. The Kier molecular flexibility index (Phi) is 6.57. The second-order valence-corrected chi connectivity index (χ2v) is 9.16. The van der Waals surface area contributed by atoms with Crippen LogP contribution < -0.4 is 10.1 Å². The molecule has 0 spiro atoms. The van der Waals surface area contributed by atoms with Crippen LogP contribution in [-0.2, 0) is 4.79 Å². The molecule has 7 nitrogen and oxygen atoms in total. The SMILES string of the molecule is COc1ccc2c(c1)C(c1ccc(Cl)cc1)=N[C@@H](CC(=O)N[C@@H](C)c1ccccc1)c1nnc(C)n1-2. The number of aliphatic imine (C=N–C) groups is 1. The van der Waals surface area contributed by atoms with Crippen molar-refractivity contribution < 1.29 is 9.53 Å². The minimum Gasteiger partial charge on any atom is -0.497 e. The van der Waals surface area contributed by atoms with Crippen molar-refractivity contribution in [2.24, 2.45) is 4.99 Å². The predicted molar refractivity (Wildman–Crippen MR) is 140 cm³/mol. The monoisotopic (exact) mass is 499 g/mol. The van der Waals surface area contributed by atoms with Crippen LogP contribution in [0.4, 0.5) is 0 Å². The molecule has 4 aromatic rings. The standard InChI is InChI=1S/C28H26ClN5O2/c1-17(19-7-5-4-6-8-19)30-26(35)16-24-28-33-32-18(2)34(28)25-14-13-22(36-3)15-23(25)27(31-24)20-9-11-21(29)12-10-20/h4-15,17,24H,16H2,1-3H3,(H,30,35)/t17-,24-/m0/s1. The highest BCUT2D eigenvalue weighted by molar-refractivity contribution is 6.30. The number of carbonyl (C=O) groups is 1.